The van der Waals surface area contributed by atoms with Crippen molar-refractivity contribution in [2.24, 2.45) is 0 Å². The molecule has 0 radical (unpaired) electrons. The number of likely N-dealkylation sites (N-methyl/N-ethyl adjacent to an activating group) is 2. The summed E-state index contributed by atoms with van der Waals surface area (Å²) in [6.07, 6.45) is 0. The van der Waals surface area contributed by atoms with E-state index in [1.807, 2.05) is 0 Å². The molecule has 8 nitrogen and oxygen atoms in total. The average Bonchev–Trinajstić information content (AvgIpc) is 2.16. The predicted octanol–water partition coefficient (Wildman–Crippen LogP) is -2.01. The first-order valence-corrected chi connectivity index (χ1v) is 5.35. The summed E-state index contributed by atoms with van der Waals surface area (Å²) >= 11 is 0. The van der Waals surface area contributed by atoms with Gasteiger partial charge in [-0.1, -0.05) is 0 Å². The Bertz CT molecular complexity index is 218. The van der Waals surface area contributed by atoms with Crippen LogP contribution in [-0.4, -0.2) is 95.7 Å². The van der Waals surface area contributed by atoms with Crippen LogP contribution in [0, 0.1) is 0 Å². The van der Waals surface area contributed by atoms with Crippen molar-refractivity contribution >= 4 is 11.9 Å². The van der Waals surface area contributed by atoms with Gasteiger partial charge in [-0.05, 0) is 14.1 Å². The number of carboxylic acids is 2. The number of hydrogen-bond donors (Lipinski definition) is 4. The third kappa shape index (κ3) is 22.9. The van der Waals surface area contributed by atoms with Gasteiger partial charge in [0, 0.05) is 29.6 Å². The molecule has 0 unspecified atom stereocenters. The fourth-order valence-corrected chi connectivity index (χ4v) is 0.961. The van der Waals surface area contributed by atoms with E-state index in [2.05, 4.69) is 0 Å². The zero-order chi connectivity index (χ0) is 14.6. The Morgan fingerprint density at radius 3 is 1.26 bits per heavy atom. The minimum Gasteiger partial charge on any atom is -0.480 e. The van der Waals surface area contributed by atoms with Crippen LogP contribution >= 0.6 is 0 Å². The first-order valence-electron chi connectivity index (χ1n) is 5.35. The van der Waals surface area contributed by atoms with Crippen LogP contribution in [0.3, 0.4) is 0 Å². The summed E-state index contributed by atoms with van der Waals surface area (Å²) in [5, 5.41) is 33.0. The Kier molecular flexibility index (Phi) is 18.9. The van der Waals surface area contributed by atoms with Gasteiger partial charge in [-0.2, -0.15) is 0 Å². The molecular weight excluding hydrogens is 303 g/mol. The maximum Gasteiger partial charge on any atom is 0.317 e. The molecule has 0 aliphatic rings. The first kappa shape index (κ1) is 23.4. The molecule has 0 amide bonds. The van der Waals surface area contributed by atoms with Crippen LogP contribution in [0.25, 0.3) is 0 Å². The topological polar surface area (TPSA) is 122 Å². The molecular formula is C10H22N2NiO6. The Morgan fingerprint density at radius 2 is 1.11 bits per heavy atom. The summed E-state index contributed by atoms with van der Waals surface area (Å²) in [5.74, 6) is -1.74. The molecule has 0 rings (SSSR count). The van der Waals surface area contributed by atoms with Crippen molar-refractivity contribution in [3.8, 4) is 0 Å². The van der Waals surface area contributed by atoms with Crippen LogP contribution in [0.4, 0.5) is 0 Å². The minimum atomic E-state index is -0.869. The third-order valence-corrected chi connectivity index (χ3v) is 1.77. The maximum atomic E-state index is 9.96. The van der Waals surface area contributed by atoms with Gasteiger partial charge in [-0.3, -0.25) is 19.4 Å². The average molecular weight is 325 g/mol. The van der Waals surface area contributed by atoms with Gasteiger partial charge in [0.05, 0.1) is 26.3 Å². The van der Waals surface area contributed by atoms with Gasteiger partial charge in [-0.25, -0.2) is 0 Å². The van der Waals surface area contributed by atoms with Crippen molar-refractivity contribution in [1.29, 1.82) is 0 Å². The molecule has 0 aliphatic heterocycles. The third-order valence-electron chi connectivity index (χ3n) is 1.77. The van der Waals surface area contributed by atoms with Gasteiger partial charge in [0.1, 0.15) is 0 Å². The van der Waals surface area contributed by atoms with Crippen LogP contribution in [0.5, 0.6) is 0 Å². The predicted molar refractivity (Wildman–Crippen MR) is 64.4 cm³/mol. The van der Waals surface area contributed by atoms with Crippen LogP contribution < -0.4 is 0 Å². The Hall–Kier alpha value is -0.726. The quantitative estimate of drug-likeness (QED) is 0.378. The van der Waals surface area contributed by atoms with Crippen LogP contribution in [-0.2, 0) is 26.1 Å². The molecule has 0 atom stereocenters. The molecule has 9 heteroatoms. The number of carbonyl (C=O) groups is 2. The van der Waals surface area contributed by atoms with Gasteiger partial charge in [0.25, 0.3) is 0 Å². The second-order valence-corrected chi connectivity index (χ2v) is 3.71. The molecule has 0 saturated carbocycles. The Labute approximate surface area is 122 Å². The van der Waals surface area contributed by atoms with E-state index >= 15 is 0 Å². The molecule has 0 heterocycles. The van der Waals surface area contributed by atoms with Gasteiger partial charge >= 0.3 is 11.9 Å². The van der Waals surface area contributed by atoms with E-state index < -0.39 is 11.9 Å². The van der Waals surface area contributed by atoms with Crippen molar-refractivity contribution in [3.63, 3.8) is 0 Å². The van der Waals surface area contributed by atoms with E-state index in [1.165, 1.54) is 9.80 Å². The fourth-order valence-electron chi connectivity index (χ4n) is 0.961. The first-order chi connectivity index (χ1) is 8.33. The summed E-state index contributed by atoms with van der Waals surface area (Å²) < 4.78 is 0. The Balaban J connectivity index is -0.000000256. The van der Waals surface area contributed by atoms with Gasteiger partial charge in [0.2, 0.25) is 0 Å². The zero-order valence-electron chi connectivity index (χ0n) is 11.1. The van der Waals surface area contributed by atoms with Gasteiger partial charge in [-0.15, -0.1) is 0 Å². The zero-order valence-corrected chi connectivity index (χ0v) is 12.0. The molecule has 19 heavy (non-hydrogen) atoms. The number of rotatable bonds is 8. The number of aliphatic carboxylic acids is 2. The molecule has 0 bridgehead atoms. The van der Waals surface area contributed by atoms with E-state index in [1.54, 1.807) is 14.1 Å². The van der Waals surface area contributed by atoms with E-state index in [9.17, 15) is 9.59 Å². The van der Waals surface area contributed by atoms with Crippen LogP contribution in [0.2, 0.25) is 0 Å². The second-order valence-electron chi connectivity index (χ2n) is 3.71. The van der Waals surface area contributed by atoms with Crippen molar-refractivity contribution in [2.75, 3.05) is 53.5 Å². The second kappa shape index (κ2) is 15.3. The Morgan fingerprint density at radius 1 is 0.842 bits per heavy atom. The molecule has 0 fully saturated rings. The molecule has 0 spiro atoms. The maximum absolute atomic E-state index is 9.96. The monoisotopic (exact) mass is 324 g/mol. The van der Waals surface area contributed by atoms with E-state index in [0.29, 0.717) is 13.1 Å². The molecule has 0 aliphatic carbocycles. The normalized spacial score (nSPS) is 9.58. The van der Waals surface area contributed by atoms with Crippen molar-refractivity contribution in [2.45, 2.75) is 0 Å². The molecule has 0 aromatic rings. The number of aliphatic hydroxyl groups is 2. The van der Waals surface area contributed by atoms with Gasteiger partial charge < -0.3 is 20.4 Å². The molecule has 4 N–H and O–H groups in total. The molecule has 0 aromatic carbocycles. The van der Waals surface area contributed by atoms with E-state index in [-0.39, 0.29) is 42.8 Å². The van der Waals surface area contributed by atoms with E-state index in [4.69, 9.17) is 20.4 Å². The summed E-state index contributed by atoms with van der Waals surface area (Å²) in [7, 11) is 3.29. The minimum absolute atomic E-state index is 0. The SMILES string of the molecule is CN(CCO)CC(=O)O.CN(CCO)CC(=O)O.[Ni]. The summed E-state index contributed by atoms with van der Waals surface area (Å²) in [6.45, 7) is 0.799. The summed E-state index contributed by atoms with van der Waals surface area (Å²) in [4.78, 5) is 23.0. The van der Waals surface area contributed by atoms with E-state index in [0.717, 1.165) is 0 Å². The molecule has 0 aromatic heterocycles. The molecule has 0 saturated heterocycles. The van der Waals surface area contributed by atoms with Gasteiger partial charge in [0.15, 0.2) is 0 Å². The number of nitrogens with zero attached hydrogens (tertiary/aromatic N) is 2. The van der Waals surface area contributed by atoms with Crippen molar-refractivity contribution in [1.82, 2.24) is 9.80 Å². The number of aliphatic hydroxyl groups excluding tert-OH is 2. The largest absolute Gasteiger partial charge is 0.480 e. The molecule has 118 valence electrons. The number of carboxylic acid groups (broad SMARTS) is 2. The summed E-state index contributed by atoms with van der Waals surface area (Å²) in [6, 6.07) is 0. The summed E-state index contributed by atoms with van der Waals surface area (Å²) in [5.41, 5.74) is 0. The van der Waals surface area contributed by atoms with Crippen molar-refractivity contribution in [3.05, 3.63) is 0 Å². The van der Waals surface area contributed by atoms with Crippen molar-refractivity contribution < 1.29 is 46.5 Å². The standard InChI is InChI=1S/2C5H11NO3.Ni/c2*1-6(2-3-7)4-5(8)9;/h2*7H,2-4H2,1H3,(H,8,9);. The number of hydrogen-bond acceptors (Lipinski definition) is 6. The van der Waals surface area contributed by atoms with Crippen LogP contribution in [0.15, 0.2) is 0 Å². The smallest absolute Gasteiger partial charge is 0.317 e. The van der Waals surface area contributed by atoms with Crippen LogP contribution in [0.1, 0.15) is 0 Å². The fraction of sp³-hybridized carbons (Fsp3) is 0.800.